The van der Waals surface area contributed by atoms with Crippen molar-refractivity contribution in [3.63, 3.8) is 0 Å². The summed E-state index contributed by atoms with van der Waals surface area (Å²) in [5.74, 6) is 0. The second-order valence-electron chi connectivity index (χ2n) is 4.42. The van der Waals surface area contributed by atoms with Crippen molar-refractivity contribution >= 4 is 18.7 Å². The zero-order valence-electron chi connectivity index (χ0n) is 9.12. The SMILES string of the molecule is C[CH](C)[GeH]([c]1ccccc1)[CH](C)C. The van der Waals surface area contributed by atoms with E-state index >= 15 is 0 Å². The standard InChI is InChI=1S/C12H20Ge/c1-10(2)13(11(3)4)12-8-6-5-7-9-12/h5-11,13H,1-4H3. The zero-order chi connectivity index (χ0) is 9.84. The molecule has 0 aliphatic rings. The maximum atomic E-state index is 2.39. The van der Waals surface area contributed by atoms with E-state index in [1.807, 2.05) is 0 Å². The van der Waals surface area contributed by atoms with E-state index in [-0.39, 0.29) is 0 Å². The third kappa shape index (κ3) is 2.87. The van der Waals surface area contributed by atoms with Crippen molar-refractivity contribution in [2.75, 3.05) is 0 Å². The molecule has 1 heteroatoms. The summed E-state index contributed by atoms with van der Waals surface area (Å²) in [5.41, 5.74) is 0. The third-order valence-electron chi connectivity index (χ3n) is 2.62. The van der Waals surface area contributed by atoms with E-state index in [2.05, 4.69) is 58.0 Å². The van der Waals surface area contributed by atoms with E-state index in [4.69, 9.17) is 0 Å². The van der Waals surface area contributed by atoms with Gasteiger partial charge in [0.2, 0.25) is 0 Å². The molecular weight excluding hydrogens is 217 g/mol. The van der Waals surface area contributed by atoms with Crippen molar-refractivity contribution in [3.05, 3.63) is 30.3 Å². The van der Waals surface area contributed by atoms with Gasteiger partial charge >= 0.3 is 86.3 Å². The average molecular weight is 237 g/mol. The van der Waals surface area contributed by atoms with Gasteiger partial charge in [-0.2, -0.15) is 0 Å². The van der Waals surface area contributed by atoms with Crippen molar-refractivity contribution in [3.8, 4) is 0 Å². The Bertz CT molecular complexity index is 231. The number of hydrogen-bond donors (Lipinski definition) is 0. The molecule has 13 heavy (non-hydrogen) atoms. The summed E-state index contributed by atoms with van der Waals surface area (Å²) < 4.78 is 3.49. The Balaban J connectivity index is 2.89. The molecule has 0 aliphatic carbocycles. The maximum absolute atomic E-state index is 2.39. The van der Waals surface area contributed by atoms with Crippen LogP contribution in [0.25, 0.3) is 0 Å². The van der Waals surface area contributed by atoms with Gasteiger partial charge in [-0.25, -0.2) is 0 Å². The summed E-state index contributed by atoms with van der Waals surface area (Å²) in [5, 5.41) is 0. The van der Waals surface area contributed by atoms with Crippen LogP contribution in [0.15, 0.2) is 30.3 Å². The molecule has 72 valence electrons. The van der Waals surface area contributed by atoms with Gasteiger partial charge in [-0.3, -0.25) is 0 Å². The normalized spacial score (nSPS) is 11.6. The Morgan fingerprint density at radius 1 is 0.846 bits per heavy atom. The monoisotopic (exact) mass is 238 g/mol. The first-order valence-electron chi connectivity index (χ1n) is 5.18. The zero-order valence-corrected chi connectivity index (χ0v) is 11.5. The van der Waals surface area contributed by atoms with Gasteiger partial charge in [-0.1, -0.05) is 0 Å². The van der Waals surface area contributed by atoms with Crippen LogP contribution in [-0.4, -0.2) is 14.3 Å². The molecule has 0 saturated carbocycles. The first-order chi connectivity index (χ1) is 6.13. The molecule has 0 aliphatic heterocycles. The Labute approximate surface area is 86.5 Å². The molecule has 1 aromatic rings. The molecule has 0 N–H and O–H groups in total. The van der Waals surface area contributed by atoms with Crippen LogP contribution in [0.5, 0.6) is 0 Å². The minimum atomic E-state index is -1.24. The third-order valence-corrected chi connectivity index (χ3v) is 11.1. The van der Waals surface area contributed by atoms with Gasteiger partial charge in [0.15, 0.2) is 0 Å². The fourth-order valence-corrected chi connectivity index (χ4v) is 10.1. The van der Waals surface area contributed by atoms with E-state index in [0.717, 1.165) is 9.50 Å². The summed E-state index contributed by atoms with van der Waals surface area (Å²) in [7, 11) is 0. The second kappa shape index (κ2) is 4.85. The van der Waals surface area contributed by atoms with Crippen LogP contribution in [0.1, 0.15) is 27.7 Å². The molecule has 0 saturated heterocycles. The topological polar surface area (TPSA) is 0 Å². The molecule has 0 nitrogen and oxygen atoms in total. The van der Waals surface area contributed by atoms with Gasteiger partial charge < -0.3 is 0 Å². The van der Waals surface area contributed by atoms with Gasteiger partial charge in [0.05, 0.1) is 0 Å². The molecular formula is C12H20Ge. The van der Waals surface area contributed by atoms with Crippen LogP contribution < -0.4 is 4.40 Å². The van der Waals surface area contributed by atoms with Crippen molar-refractivity contribution in [2.45, 2.75) is 37.2 Å². The van der Waals surface area contributed by atoms with Crippen molar-refractivity contribution in [1.82, 2.24) is 0 Å². The summed E-state index contributed by atoms with van der Waals surface area (Å²) in [6, 6.07) is 11.1. The number of hydrogen-bond acceptors (Lipinski definition) is 0. The molecule has 0 bridgehead atoms. The molecule has 0 aromatic heterocycles. The van der Waals surface area contributed by atoms with E-state index in [0.29, 0.717) is 0 Å². The predicted molar refractivity (Wildman–Crippen MR) is 63.4 cm³/mol. The Hall–Kier alpha value is -0.237. The van der Waals surface area contributed by atoms with Crippen LogP contribution in [0.4, 0.5) is 0 Å². The summed E-state index contributed by atoms with van der Waals surface area (Å²) in [6.45, 7) is 9.55. The molecule has 0 fully saturated rings. The van der Waals surface area contributed by atoms with Gasteiger partial charge in [0.1, 0.15) is 0 Å². The molecule has 0 spiro atoms. The van der Waals surface area contributed by atoms with Gasteiger partial charge in [0, 0.05) is 0 Å². The Kier molecular flexibility index (Phi) is 4.04. The second-order valence-corrected chi connectivity index (χ2v) is 13.6. The summed E-state index contributed by atoms with van der Waals surface area (Å²) in [4.78, 5) is 0. The molecule has 0 atom stereocenters. The summed E-state index contributed by atoms with van der Waals surface area (Å²) in [6.07, 6.45) is 0. The van der Waals surface area contributed by atoms with E-state index in [1.54, 1.807) is 4.40 Å². The number of benzene rings is 1. The van der Waals surface area contributed by atoms with Crippen molar-refractivity contribution < 1.29 is 0 Å². The molecule has 0 amide bonds. The molecule has 0 radical (unpaired) electrons. The molecule has 0 unspecified atom stereocenters. The predicted octanol–water partition coefficient (Wildman–Crippen LogP) is 2.94. The van der Waals surface area contributed by atoms with Crippen LogP contribution in [0.3, 0.4) is 0 Å². The van der Waals surface area contributed by atoms with Gasteiger partial charge in [-0.15, -0.1) is 0 Å². The van der Waals surface area contributed by atoms with E-state index in [9.17, 15) is 0 Å². The molecule has 1 rings (SSSR count). The Morgan fingerprint density at radius 3 is 1.69 bits per heavy atom. The minimum absolute atomic E-state index is 0.912. The van der Waals surface area contributed by atoms with Crippen LogP contribution in [0, 0.1) is 0 Å². The average Bonchev–Trinajstić information content (AvgIpc) is 2.04. The van der Waals surface area contributed by atoms with E-state index in [1.165, 1.54) is 0 Å². The van der Waals surface area contributed by atoms with Gasteiger partial charge in [0.25, 0.3) is 0 Å². The van der Waals surface area contributed by atoms with Crippen molar-refractivity contribution in [1.29, 1.82) is 0 Å². The summed E-state index contributed by atoms with van der Waals surface area (Å²) >= 11 is -1.24. The fraction of sp³-hybridized carbons (Fsp3) is 0.500. The quantitative estimate of drug-likeness (QED) is 0.709. The molecule has 1 aromatic carbocycles. The van der Waals surface area contributed by atoms with Crippen LogP contribution >= 0.6 is 0 Å². The number of rotatable bonds is 3. The van der Waals surface area contributed by atoms with Crippen LogP contribution in [-0.2, 0) is 0 Å². The van der Waals surface area contributed by atoms with Crippen LogP contribution in [0.2, 0.25) is 9.50 Å². The fourth-order valence-electron chi connectivity index (χ4n) is 2.21. The van der Waals surface area contributed by atoms with Gasteiger partial charge in [-0.05, 0) is 0 Å². The first-order valence-corrected chi connectivity index (χ1v) is 9.18. The van der Waals surface area contributed by atoms with Crippen molar-refractivity contribution in [2.24, 2.45) is 0 Å². The first kappa shape index (κ1) is 10.8. The molecule has 0 heterocycles. The van der Waals surface area contributed by atoms with E-state index < -0.39 is 14.3 Å². The Morgan fingerprint density at radius 2 is 1.31 bits per heavy atom.